The molecule has 8 heteroatoms. The van der Waals surface area contributed by atoms with Gasteiger partial charge in [-0.2, -0.15) is 4.31 Å². The lowest BCUT2D eigenvalue weighted by Crippen LogP contribution is -2.48. The molecular formula is C20H23ClN2O4S. The molecule has 1 heterocycles. The summed E-state index contributed by atoms with van der Waals surface area (Å²) in [6.07, 6.45) is -0.369. The first-order chi connectivity index (χ1) is 13.2. The topological polar surface area (TPSA) is 75.7 Å². The van der Waals surface area contributed by atoms with E-state index in [9.17, 15) is 13.2 Å². The van der Waals surface area contributed by atoms with Crippen LogP contribution in [0.1, 0.15) is 29.8 Å². The number of ether oxygens (including phenoxy) is 1. The summed E-state index contributed by atoms with van der Waals surface area (Å²) in [7, 11) is -3.72. The van der Waals surface area contributed by atoms with Crippen molar-refractivity contribution in [2.24, 2.45) is 0 Å². The van der Waals surface area contributed by atoms with E-state index in [4.69, 9.17) is 16.3 Å². The van der Waals surface area contributed by atoms with Crippen LogP contribution in [0.5, 0.6) is 0 Å². The van der Waals surface area contributed by atoms with Gasteiger partial charge < -0.3 is 10.1 Å². The predicted octanol–water partition coefficient (Wildman–Crippen LogP) is 3.70. The number of carbonyl (C=O) groups excluding carboxylic acids is 1. The number of aryl methyl sites for hydroxylation is 1. The van der Waals surface area contributed by atoms with E-state index in [1.807, 2.05) is 20.8 Å². The molecule has 2 atom stereocenters. The van der Waals surface area contributed by atoms with Gasteiger partial charge in [0.2, 0.25) is 10.0 Å². The average molecular weight is 423 g/mol. The summed E-state index contributed by atoms with van der Waals surface area (Å²) in [5.74, 6) is -0.397. The summed E-state index contributed by atoms with van der Waals surface area (Å²) < 4.78 is 33.1. The zero-order chi connectivity index (χ0) is 20.5. The second kappa shape index (κ2) is 8.21. The Morgan fingerprint density at radius 1 is 1.14 bits per heavy atom. The summed E-state index contributed by atoms with van der Waals surface area (Å²) in [6, 6.07) is 11.3. The molecule has 0 saturated carbocycles. The lowest BCUT2D eigenvalue weighted by Gasteiger charge is -2.34. The minimum atomic E-state index is -3.72. The Morgan fingerprint density at radius 3 is 2.50 bits per heavy atom. The van der Waals surface area contributed by atoms with Gasteiger partial charge >= 0.3 is 0 Å². The highest BCUT2D eigenvalue weighted by Crippen LogP contribution is 2.24. The van der Waals surface area contributed by atoms with E-state index in [1.54, 1.807) is 30.3 Å². The van der Waals surface area contributed by atoms with Crippen molar-refractivity contribution in [3.63, 3.8) is 0 Å². The van der Waals surface area contributed by atoms with Crippen LogP contribution >= 0.6 is 11.6 Å². The second-order valence-electron chi connectivity index (χ2n) is 7.02. The van der Waals surface area contributed by atoms with E-state index < -0.39 is 15.9 Å². The van der Waals surface area contributed by atoms with Crippen molar-refractivity contribution in [3.05, 3.63) is 58.6 Å². The fraction of sp³-hybridized carbons (Fsp3) is 0.350. The molecule has 2 unspecified atom stereocenters. The van der Waals surface area contributed by atoms with Crippen molar-refractivity contribution in [1.82, 2.24) is 4.31 Å². The summed E-state index contributed by atoms with van der Waals surface area (Å²) >= 11 is 5.99. The van der Waals surface area contributed by atoms with Crippen molar-refractivity contribution in [2.75, 3.05) is 18.4 Å². The molecule has 3 rings (SSSR count). The summed E-state index contributed by atoms with van der Waals surface area (Å²) in [5.41, 5.74) is 1.70. The van der Waals surface area contributed by atoms with Crippen LogP contribution in [0.15, 0.2) is 47.4 Å². The third kappa shape index (κ3) is 4.55. The molecule has 1 amide bonds. The van der Waals surface area contributed by atoms with E-state index in [0.29, 0.717) is 10.7 Å². The van der Waals surface area contributed by atoms with Gasteiger partial charge in [0.25, 0.3) is 5.91 Å². The fourth-order valence-electron chi connectivity index (χ4n) is 3.20. The van der Waals surface area contributed by atoms with Crippen molar-refractivity contribution in [1.29, 1.82) is 0 Å². The Morgan fingerprint density at radius 2 is 1.82 bits per heavy atom. The van der Waals surface area contributed by atoms with E-state index >= 15 is 0 Å². The number of nitrogens with zero attached hydrogens (tertiary/aromatic N) is 1. The summed E-state index contributed by atoms with van der Waals surface area (Å²) in [6.45, 7) is 6.11. The predicted molar refractivity (Wildman–Crippen MR) is 109 cm³/mol. The zero-order valence-corrected chi connectivity index (χ0v) is 17.5. The molecule has 1 aliphatic rings. The third-order valence-electron chi connectivity index (χ3n) is 4.57. The van der Waals surface area contributed by atoms with Gasteiger partial charge in [0.1, 0.15) is 0 Å². The van der Waals surface area contributed by atoms with Crippen LogP contribution < -0.4 is 5.32 Å². The van der Waals surface area contributed by atoms with E-state index in [-0.39, 0.29) is 35.8 Å². The zero-order valence-electron chi connectivity index (χ0n) is 16.0. The first kappa shape index (κ1) is 20.8. The minimum Gasteiger partial charge on any atom is -0.373 e. The van der Waals surface area contributed by atoms with Crippen molar-refractivity contribution < 1.29 is 17.9 Å². The van der Waals surface area contributed by atoms with Crippen LogP contribution in [0.25, 0.3) is 0 Å². The molecule has 1 aliphatic heterocycles. The highest BCUT2D eigenvalue weighted by atomic mass is 35.5. The number of rotatable bonds is 4. The van der Waals surface area contributed by atoms with Crippen LogP contribution in [0.3, 0.4) is 0 Å². The van der Waals surface area contributed by atoms with Gasteiger partial charge in [-0.1, -0.05) is 23.7 Å². The Kier molecular flexibility index (Phi) is 6.09. The standard InChI is InChI=1S/C20H23ClN2O4S/c1-13-7-8-17(21)10-19(13)22-20(24)16-5-4-6-18(9-16)28(25,26)23-11-14(2)27-15(3)12-23/h4-10,14-15H,11-12H2,1-3H3,(H,22,24). The quantitative estimate of drug-likeness (QED) is 0.815. The smallest absolute Gasteiger partial charge is 0.255 e. The van der Waals surface area contributed by atoms with Gasteiger partial charge in [0.05, 0.1) is 17.1 Å². The van der Waals surface area contributed by atoms with Gasteiger partial charge in [-0.15, -0.1) is 0 Å². The summed E-state index contributed by atoms with van der Waals surface area (Å²) in [4.78, 5) is 12.7. The van der Waals surface area contributed by atoms with Gasteiger partial charge in [-0.3, -0.25) is 4.79 Å². The molecule has 150 valence electrons. The number of anilines is 1. The molecule has 0 radical (unpaired) electrons. The van der Waals surface area contributed by atoms with E-state index in [2.05, 4.69) is 5.32 Å². The number of carbonyl (C=O) groups is 1. The molecule has 2 aromatic carbocycles. The second-order valence-corrected chi connectivity index (χ2v) is 9.39. The number of amides is 1. The molecule has 1 N–H and O–H groups in total. The van der Waals surface area contributed by atoms with Gasteiger partial charge in [0.15, 0.2) is 0 Å². The third-order valence-corrected chi connectivity index (χ3v) is 6.63. The highest BCUT2D eigenvalue weighted by Gasteiger charge is 2.32. The van der Waals surface area contributed by atoms with E-state index in [0.717, 1.165) is 5.56 Å². The molecule has 0 spiro atoms. The Hall–Kier alpha value is -1.93. The van der Waals surface area contributed by atoms with Crippen LogP contribution in [-0.2, 0) is 14.8 Å². The average Bonchev–Trinajstić information content (AvgIpc) is 2.64. The number of sulfonamides is 1. The molecule has 1 saturated heterocycles. The first-order valence-corrected chi connectivity index (χ1v) is 10.8. The number of nitrogens with one attached hydrogen (secondary N) is 1. The number of halogens is 1. The van der Waals surface area contributed by atoms with Gasteiger partial charge in [-0.05, 0) is 56.7 Å². The first-order valence-electron chi connectivity index (χ1n) is 9.00. The molecule has 0 aromatic heterocycles. The van der Waals surface area contributed by atoms with Crippen molar-refractivity contribution in [2.45, 2.75) is 37.9 Å². The molecule has 28 heavy (non-hydrogen) atoms. The van der Waals surface area contributed by atoms with Crippen LogP contribution in [0.4, 0.5) is 5.69 Å². The van der Waals surface area contributed by atoms with Gasteiger partial charge in [0, 0.05) is 29.4 Å². The Labute approximate surface area is 170 Å². The number of benzene rings is 2. The normalized spacial score (nSPS) is 20.7. The van der Waals surface area contributed by atoms with Crippen molar-refractivity contribution >= 4 is 33.2 Å². The Bertz CT molecular complexity index is 983. The van der Waals surface area contributed by atoms with Crippen molar-refractivity contribution in [3.8, 4) is 0 Å². The SMILES string of the molecule is Cc1ccc(Cl)cc1NC(=O)c1cccc(S(=O)(=O)N2CC(C)OC(C)C2)c1. The van der Waals surface area contributed by atoms with E-state index in [1.165, 1.54) is 16.4 Å². The number of hydrogen-bond donors (Lipinski definition) is 1. The minimum absolute atomic E-state index is 0.0873. The monoisotopic (exact) mass is 422 g/mol. The maximum Gasteiger partial charge on any atom is 0.255 e. The van der Waals surface area contributed by atoms with Crippen LogP contribution in [-0.4, -0.2) is 43.9 Å². The van der Waals surface area contributed by atoms with Crippen LogP contribution in [0.2, 0.25) is 5.02 Å². The maximum absolute atomic E-state index is 13.0. The fourth-order valence-corrected chi connectivity index (χ4v) is 5.01. The maximum atomic E-state index is 13.0. The number of morpholine rings is 1. The molecule has 6 nitrogen and oxygen atoms in total. The molecule has 2 aromatic rings. The molecule has 0 bridgehead atoms. The summed E-state index contributed by atoms with van der Waals surface area (Å²) in [5, 5.41) is 3.30. The van der Waals surface area contributed by atoms with Gasteiger partial charge in [-0.25, -0.2) is 8.42 Å². The highest BCUT2D eigenvalue weighted by molar-refractivity contribution is 7.89. The largest absolute Gasteiger partial charge is 0.373 e. The lowest BCUT2D eigenvalue weighted by molar-refractivity contribution is -0.0440. The molecule has 1 fully saturated rings. The molecule has 0 aliphatic carbocycles. The molecular weight excluding hydrogens is 400 g/mol. The lowest BCUT2D eigenvalue weighted by atomic mass is 10.1. The number of hydrogen-bond acceptors (Lipinski definition) is 4. The Balaban J connectivity index is 1.85. The van der Waals surface area contributed by atoms with Crippen LogP contribution in [0, 0.1) is 6.92 Å².